The molecule has 4 rings (SSSR count). The molecule has 2 saturated heterocycles. The zero-order valence-electron chi connectivity index (χ0n) is 16.1. The van der Waals surface area contributed by atoms with E-state index in [0.29, 0.717) is 31.4 Å². The van der Waals surface area contributed by atoms with Crippen molar-refractivity contribution in [2.45, 2.75) is 50.8 Å². The van der Waals surface area contributed by atoms with Crippen LogP contribution in [0.25, 0.3) is 0 Å². The molecule has 5 nitrogen and oxygen atoms in total. The lowest BCUT2D eigenvalue weighted by atomic mass is 9.92. The number of benzene rings is 1. The van der Waals surface area contributed by atoms with E-state index >= 15 is 0 Å². The predicted octanol–water partition coefficient (Wildman–Crippen LogP) is 2.29. The Kier molecular flexibility index (Phi) is 6.11. The number of aliphatic hydroxyl groups excluding tert-OH is 1. The summed E-state index contributed by atoms with van der Waals surface area (Å²) in [5.74, 6) is 1.09. The van der Waals surface area contributed by atoms with Crippen molar-refractivity contribution in [3.8, 4) is 0 Å². The summed E-state index contributed by atoms with van der Waals surface area (Å²) >= 11 is 0. The van der Waals surface area contributed by atoms with Crippen LogP contribution >= 0.6 is 0 Å². The van der Waals surface area contributed by atoms with Crippen LogP contribution in [0.2, 0.25) is 0 Å². The number of fused-ring (bicyclic) bond motifs is 1. The second-order valence-electron chi connectivity index (χ2n) is 8.49. The first-order chi connectivity index (χ1) is 13.2. The highest BCUT2D eigenvalue weighted by atomic mass is 16.5. The number of piperidine rings is 1. The predicted molar refractivity (Wildman–Crippen MR) is 104 cm³/mol. The van der Waals surface area contributed by atoms with E-state index in [0.717, 1.165) is 45.3 Å². The second-order valence-corrected chi connectivity index (χ2v) is 8.49. The molecule has 1 aliphatic carbocycles. The van der Waals surface area contributed by atoms with Gasteiger partial charge in [-0.1, -0.05) is 30.3 Å². The van der Waals surface area contributed by atoms with E-state index in [-0.39, 0.29) is 24.7 Å². The molecule has 1 N–H and O–H groups in total. The van der Waals surface area contributed by atoms with Gasteiger partial charge in [-0.2, -0.15) is 0 Å². The number of nitrogens with zero attached hydrogens (tertiary/aromatic N) is 2. The topological polar surface area (TPSA) is 53.0 Å². The van der Waals surface area contributed by atoms with E-state index in [1.807, 2.05) is 0 Å². The number of ether oxygens (including phenoxy) is 1. The molecule has 3 aliphatic rings. The maximum atomic E-state index is 13.0. The minimum Gasteiger partial charge on any atom is -0.396 e. The summed E-state index contributed by atoms with van der Waals surface area (Å²) in [5, 5.41) is 9.47. The van der Waals surface area contributed by atoms with Crippen LogP contribution in [-0.2, 0) is 16.1 Å². The number of hydrogen-bond acceptors (Lipinski definition) is 4. The first-order valence-electron chi connectivity index (χ1n) is 10.5. The normalized spacial score (nSPS) is 29.7. The van der Waals surface area contributed by atoms with Crippen molar-refractivity contribution in [1.29, 1.82) is 0 Å². The van der Waals surface area contributed by atoms with E-state index in [1.165, 1.54) is 5.56 Å². The van der Waals surface area contributed by atoms with Gasteiger partial charge in [0.1, 0.15) is 0 Å². The molecule has 1 amide bonds. The van der Waals surface area contributed by atoms with Crippen LogP contribution in [0.15, 0.2) is 30.3 Å². The summed E-state index contributed by atoms with van der Waals surface area (Å²) in [7, 11) is 0. The lowest BCUT2D eigenvalue weighted by molar-refractivity contribution is -0.145. The highest BCUT2D eigenvalue weighted by Crippen LogP contribution is 2.35. The van der Waals surface area contributed by atoms with Gasteiger partial charge in [0.25, 0.3) is 0 Å². The van der Waals surface area contributed by atoms with Gasteiger partial charge in [-0.15, -0.1) is 0 Å². The largest absolute Gasteiger partial charge is 0.396 e. The molecule has 2 aliphatic heterocycles. The van der Waals surface area contributed by atoms with Crippen molar-refractivity contribution >= 4 is 5.91 Å². The van der Waals surface area contributed by atoms with Crippen LogP contribution in [0.4, 0.5) is 0 Å². The molecule has 0 unspecified atom stereocenters. The van der Waals surface area contributed by atoms with Crippen LogP contribution in [0.3, 0.4) is 0 Å². The third-order valence-corrected chi connectivity index (χ3v) is 6.63. The minimum atomic E-state index is 0.132. The van der Waals surface area contributed by atoms with Gasteiger partial charge in [0, 0.05) is 26.1 Å². The molecular formula is C22H32N2O3. The van der Waals surface area contributed by atoms with Gasteiger partial charge >= 0.3 is 0 Å². The van der Waals surface area contributed by atoms with Crippen molar-refractivity contribution in [1.82, 2.24) is 9.80 Å². The molecule has 3 atom stereocenters. The van der Waals surface area contributed by atoms with Gasteiger partial charge in [0.15, 0.2) is 0 Å². The van der Waals surface area contributed by atoms with Crippen LogP contribution in [-0.4, -0.2) is 65.8 Å². The molecular weight excluding hydrogens is 340 g/mol. The van der Waals surface area contributed by atoms with E-state index in [2.05, 4.69) is 40.1 Å². The van der Waals surface area contributed by atoms with Crippen LogP contribution in [0, 0.1) is 11.8 Å². The number of likely N-dealkylation sites (tertiary alicyclic amines) is 1. The Labute approximate surface area is 162 Å². The molecule has 0 spiro atoms. The highest BCUT2D eigenvalue weighted by molar-refractivity contribution is 5.77. The summed E-state index contributed by atoms with van der Waals surface area (Å²) < 4.78 is 5.86. The number of rotatable bonds is 5. The van der Waals surface area contributed by atoms with Gasteiger partial charge in [-0.05, 0) is 56.2 Å². The molecule has 148 valence electrons. The Hall–Kier alpha value is -1.43. The Balaban J connectivity index is 1.26. The summed E-state index contributed by atoms with van der Waals surface area (Å²) in [4.78, 5) is 17.5. The summed E-state index contributed by atoms with van der Waals surface area (Å²) in [6, 6.07) is 10.8. The molecule has 27 heavy (non-hydrogen) atoms. The molecule has 1 aromatic carbocycles. The fourth-order valence-electron chi connectivity index (χ4n) is 5.06. The zero-order valence-corrected chi connectivity index (χ0v) is 16.1. The quantitative estimate of drug-likeness (QED) is 0.862. The maximum absolute atomic E-state index is 13.0. The minimum absolute atomic E-state index is 0.132. The molecule has 2 heterocycles. The van der Waals surface area contributed by atoms with Gasteiger partial charge in [0.05, 0.1) is 18.8 Å². The molecule has 0 bridgehead atoms. The van der Waals surface area contributed by atoms with Gasteiger partial charge in [-0.25, -0.2) is 0 Å². The Bertz CT molecular complexity index is 615. The van der Waals surface area contributed by atoms with E-state index in [9.17, 15) is 9.90 Å². The average molecular weight is 373 g/mol. The number of amides is 1. The molecule has 3 fully saturated rings. The first kappa shape index (κ1) is 18.9. The van der Waals surface area contributed by atoms with Gasteiger partial charge in [-0.3, -0.25) is 9.69 Å². The van der Waals surface area contributed by atoms with Gasteiger partial charge in [0.2, 0.25) is 5.91 Å². The Morgan fingerprint density at radius 3 is 2.59 bits per heavy atom. The number of carbonyl (C=O) groups excluding carboxylic acids is 1. The van der Waals surface area contributed by atoms with Crippen molar-refractivity contribution < 1.29 is 14.6 Å². The second kappa shape index (κ2) is 8.72. The highest BCUT2D eigenvalue weighted by Gasteiger charge is 2.42. The van der Waals surface area contributed by atoms with Crippen LogP contribution in [0.1, 0.15) is 37.7 Å². The lowest BCUT2D eigenvalue weighted by Crippen LogP contribution is -2.51. The standard InChI is InChI=1S/C22H32N2O3/c25-16-19-12-20-21(13-19)27-11-10-24(20)22(26)14-17-6-8-23(9-7-17)15-18-4-2-1-3-5-18/h1-5,17,19-21,25H,6-16H2/t19-,20+,21+/m1/s1. The Morgan fingerprint density at radius 2 is 1.85 bits per heavy atom. The first-order valence-corrected chi connectivity index (χ1v) is 10.5. The number of morpholine rings is 1. The average Bonchev–Trinajstić information content (AvgIpc) is 3.13. The van der Waals surface area contributed by atoms with Crippen molar-refractivity contribution in [2.75, 3.05) is 32.8 Å². The number of carbonyl (C=O) groups is 1. The fourth-order valence-corrected chi connectivity index (χ4v) is 5.06. The van der Waals surface area contributed by atoms with Crippen molar-refractivity contribution in [2.24, 2.45) is 11.8 Å². The van der Waals surface area contributed by atoms with Crippen molar-refractivity contribution in [3.63, 3.8) is 0 Å². The monoisotopic (exact) mass is 372 g/mol. The summed E-state index contributed by atoms with van der Waals surface area (Å²) in [6.07, 6.45) is 4.80. The zero-order chi connectivity index (χ0) is 18.6. The lowest BCUT2D eigenvalue weighted by Gasteiger charge is -2.39. The summed E-state index contributed by atoms with van der Waals surface area (Å²) in [5.41, 5.74) is 1.37. The van der Waals surface area contributed by atoms with Crippen LogP contribution < -0.4 is 0 Å². The molecule has 0 aromatic heterocycles. The number of aliphatic hydroxyl groups is 1. The summed E-state index contributed by atoms with van der Waals surface area (Å²) in [6.45, 7) is 4.73. The van der Waals surface area contributed by atoms with Gasteiger partial charge < -0.3 is 14.7 Å². The molecule has 0 radical (unpaired) electrons. The Morgan fingerprint density at radius 1 is 1.07 bits per heavy atom. The smallest absolute Gasteiger partial charge is 0.223 e. The fraction of sp³-hybridized carbons (Fsp3) is 0.682. The third-order valence-electron chi connectivity index (χ3n) is 6.63. The molecule has 1 aromatic rings. The maximum Gasteiger partial charge on any atom is 0.223 e. The third kappa shape index (κ3) is 4.53. The van der Waals surface area contributed by atoms with Crippen LogP contribution in [0.5, 0.6) is 0 Å². The van der Waals surface area contributed by atoms with Crippen molar-refractivity contribution in [3.05, 3.63) is 35.9 Å². The molecule has 5 heteroatoms. The SMILES string of the molecule is O=C(CC1CCN(Cc2ccccc2)CC1)N1CCO[C@H]2C[C@H](CO)C[C@@H]21. The van der Waals surface area contributed by atoms with E-state index < -0.39 is 0 Å². The van der Waals surface area contributed by atoms with E-state index in [1.54, 1.807) is 0 Å². The molecule has 1 saturated carbocycles. The van der Waals surface area contributed by atoms with E-state index in [4.69, 9.17) is 4.74 Å². The number of hydrogen-bond donors (Lipinski definition) is 1.